The molecule has 0 aliphatic heterocycles. The van der Waals surface area contributed by atoms with Crippen LogP contribution in [0.5, 0.6) is 0 Å². The van der Waals surface area contributed by atoms with Gasteiger partial charge in [0.05, 0.1) is 10.9 Å². The Labute approximate surface area is 176 Å². The number of rotatable bonds is 0. The molecule has 0 spiro atoms. The van der Waals surface area contributed by atoms with E-state index in [2.05, 4.69) is 19.9 Å². The molecular weight excluding hydrogens is 396 g/mol. The van der Waals surface area contributed by atoms with Gasteiger partial charge in [-0.15, -0.1) is 0 Å². The van der Waals surface area contributed by atoms with Gasteiger partial charge in [-0.1, -0.05) is 48.0 Å². The second-order valence-electron chi connectivity index (χ2n) is 6.76. The van der Waals surface area contributed by atoms with Crippen molar-refractivity contribution in [2.45, 2.75) is 0 Å². The van der Waals surface area contributed by atoms with Crippen LogP contribution in [0.3, 0.4) is 0 Å². The number of fused-ring (bicyclic) bond motifs is 6. The molecule has 4 aromatic heterocycles. The van der Waals surface area contributed by atoms with E-state index < -0.39 is 0 Å². The maximum Gasteiger partial charge on any atom is 0.256 e. The smallest absolute Gasteiger partial charge is 0.256 e. The Morgan fingerprint density at radius 2 is 1.30 bits per heavy atom. The van der Waals surface area contributed by atoms with Gasteiger partial charge in [0.1, 0.15) is 5.15 Å². The van der Waals surface area contributed by atoms with E-state index in [1.165, 1.54) is 0 Å². The minimum atomic E-state index is -0.0638. The number of nitrogens with one attached hydrogen (secondary N) is 1. The molecule has 0 aliphatic rings. The molecule has 6 aromatic rings. The van der Waals surface area contributed by atoms with Crippen molar-refractivity contribution in [3.8, 4) is 0 Å². The first-order valence-corrected chi connectivity index (χ1v) is 9.73. The number of nitrogens with zero attached hydrogens (tertiary/aromatic N) is 3. The average Bonchev–Trinajstić information content (AvgIpc) is 2.80. The van der Waals surface area contributed by atoms with E-state index in [0.29, 0.717) is 10.5 Å². The summed E-state index contributed by atoms with van der Waals surface area (Å²) in [6.45, 7) is 0. The Bertz CT molecular complexity index is 1590. The molecule has 0 amide bonds. The normalized spacial score (nSPS) is 11.0. The zero-order valence-electron chi connectivity index (χ0n) is 15.7. The number of halogens is 1. The largest absolute Gasteiger partial charge is 0.321 e. The lowest BCUT2D eigenvalue weighted by molar-refractivity contribution is 1.31. The quantitative estimate of drug-likeness (QED) is 0.264. The molecule has 0 unspecified atom stereocenters. The van der Waals surface area contributed by atoms with Crippen LogP contribution in [0.15, 0.2) is 90.2 Å². The maximum absolute atomic E-state index is 11.7. The summed E-state index contributed by atoms with van der Waals surface area (Å²) in [5, 5.41) is 6.23. The Balaban J connectivity index is 0.000000128. The molecular formula is C24H15ClN4O. The third-order valence-corrected chi connectivity index (χ3v) is 5.28. The average molecular weight is 411 g/mol. The highest BCUT2D eigenvalue weighted by atomic mass is 35.5. The highest BCUT2D eigenvalue weighted by molar-refractivity contribution is 6.35. The van der Waals surface area contributed by atoms with Crippen molar-refractivity contribution in [2.24, 2.45) is 0 Å². The second kappa shape index (κ2) is 7.54. The number of hydrogen-bond donors (Lipinski definition) is 1. The molecule has 2 aromatic carbocycles. The molecule has 30 heavy (non-hydrogen) atoms. The maximum atomic E-state index is 11.7. The number of aromatic nitrogens is 4. The lowest BCUT2D eigenvalue weighted by Gasteiger charge is -2.03. The molecule has 6 heteroatoms. The second-order valence-corrected chi connectivity index (χ2v) is 7.12. The van der Waals surface area contributed by atoms with Gasteiger partial charge in [-0.3, -0.25) is 14.8 Å². The van der Waals surface area contributed by atoms with Crippen LogP contribution >= 0.6 is 11.6 Å². The van der Waals surface area contributed by atoms with Crippen molar-refractivity contribution < 1.29 is 0 Å². The van der Waals surface area contributed by atoms with E-state index >= 15 is 0 Å². The first kappa shape index (κ1) is 18.2. The van der Waals surface area contributed by atoms with Crippen molar-refractivity contribution in [2.75, 3.05) is 0 Å². The predicted molar refractivity (Wildman–Crippen MR) is 122 cm³/mol. The Morgan fingerprint density at radius 1 is 0.667 bits per heavy atom. The third-order valence-electron chi connectivity index (χ3n) is 4.99. The Morgan fingerprint density at radius 3 is 2.10 bits per heavy atom. The van der Waals surface area contributed by atoms with Crippen LogP contribution in [0.4, 0.5) is 0 Å². The molecule has 0 saturated heterocycles. The van der Waals surface area contributed by atoms with Crippen LogP contribution in [-0.4, -0.2) is 19.9 Å². The van der Waals surface area contributed by atoms with Crippen LogP contribution in [0.1, 0.15) is 0 Å². The van der Waals surface area contributed by atoms with E-state index in [9.17, 15) is 4.79 Å². The summed E-state index contributed by atoms with van der Waals surface area (Å²) < 4.78 is 0. The summed E-state index contributed by atoms with van der Waals surface area (Å²) in [5.74, 6) is 0. The zero-order chi connectivity index (χ0) is 20.5. The first-order chi connectivity index (χ1) is 14.7. The van der Waals surface area contributed by atoms with E-state index in [-0.39, 0.29) is 5.56 Å². The fraction of sp³-hybridized carbons (Fsp3) is 0. The monoisotopic (exact) mass is 410 g/mol. The molecule has 5 nitrogen and oxygen atoms in total. The summed E-state index contributed by atoms with van der Waals surface area (Å²) in [5.41, 5.74) is 1.69. The summed E-state index contributed by atoms with van der Waals surface area (Å²) in [6, 6.07) is 19.3. The molecule has 0 aliphatic carbocycles. The highest BCUT2D eigenvalue weighted by Gasteiger charge is 2.05. The third kappa shape index (κ3) is 3.15. The number of para-hydroxylation sites is 2. The Hall–Kier alpha value is -3.83. The predicted octanol–water partition coefficient (Wildman–Crippen LogP) is 5.51. The van der Waals surface area contributed by atoms with Gasteiger partial charge in [-0.25, -0.2) is 4.98 Å². The minimum absolute atomic E-state index is 0.0638. The lowest BCUT2D eigenvalue weighted by atomic mass is 10.1. The van der Waals surface area contributed by atoms with E-state index in [4.69, 9.17) is 11.6 Å². The van der Waals surface area contributed by atoms with Crippen LogP contribution in [-0.2, 0) is 0 Å². The molecule has 0 fully saturated rings. The first-order valence-electron chi connectivity index (χ1n) is 9.35. The molecule has 6 rings (SSSR count). The SMILES string of the molecule is Clc1nc2ccccc2c2cnccc12.O=c1[nH]c2ccccc2c2cnccc12. The fourth-order valence-electron chi connectivity index (χ4n) is 3.58. The van der Waals surface area contributed by atoms with Gasteiger partial charge in [0.2, 0.25) is 0 Å². The van der Waals surface area contributed by atoms with Crippen molar-refractivity contribution >= 4 is 55.0 Å². The van der Waals surface area contributed by atoms with Crippen LogP contribution < -0.4 is 5.56 Å². The van der Waals surface area contributed by atoms with Gasteiger partial charge < -0.3 is 4.98 Å². The molecule has 0 atom stereocenters. The van der Waals surface area contributed by atoms with Crippen molar-refractivity contribution in [1.29, 1.82) is 0 Å². The van der Waals surface area contributed by atoms with Crippen LogP contribution in [0, 0.1) is 0 Å². The van der Waals surface area contributed by atoms with Crippen molar-refractivity contribution in [3.05, 3.63) is 101 Å². The van der Waals surface area contributed by atoms with Gasteiger partial charge >= 0.3 is 0 Å². The number of H-pyrrole nitrogens is 1. The van der Waals surface area contributed by atoms with Crippen LogP contribution in [0.2, 0.25) is 5.15 Å². The zero-order valence-corrected chi connectivity index (χ0v) is 16.5. The standard InChI is InChI=1S/C12H7ClN2.C12H8N2O/c13-12-9-5-6-14-7-10(9)8-3-1-2-4-11(8)15-12;15-12-9-5-6-13-7-10(9)8-3-1-2-4-11(8)14-12/h1-7H;1-7H,(H,14,15). The van der Waals surface area contributed by atoms with Crippen molar-refractivity contribution in [1.82, 2.24) is 19.9 Å². The molecule has 4 heterocycles. The Kier molecular flexibility index (Phi) is 4.58. The molecule has 0 saturated carbocycles. The number of aromatic amines is 1. The number of hydrogen-bond acceptors (Lipinski definition) is 4. The summed E-state index contributed by atoms with van der Waals surface area (Å²) in [7, 11) is 0. The van der Waals surface area contributed by atoms with Crippen molar-refractivity contribution in [3.63, 3.8) is 0 Å². The van der Waals surface area contributed by atoms with E-state index in [1.54, 1.807) is 24.7 Å². The van der Waals surface area contributed by atoms with Crippen LogP contribution in [0.25, 0.3) is 43.4 Å². The summed E-state index contributed by atoms with van der Waals surface area (Å²) in [4.78, 5) is 27.1. The van der Waals surface area contributed by atoms with Gasteiger partial charge in [0, 0.05) is 57.2 Å². The van der Waals surface area contributed by atoms with E-state index in [1.807, 2.05) is 60.8 Å². The van der Waals surface area contributed by atoms with Gasteiger partial charge in [-0.05, 0) is 24.3 Å². The molecule has 1 N–H and O–H groups in total. The van der Waals surface area contributed by atoms with Gasteiger partial charge in [-0.2, -0.15) is 0 Å². The number of benzene rings is 2. The molecule has 144 valence electrons. The van der Waals surface area contributed by atoms with Gasteiger partial charge in [0.15, 0.2) is 0 Å². The highest BCUT2D eigenvalue weighted by Crippen LogP contribution is 2.27. The fourth-order valence-corrected chi connectivity index (χ4v) is 3.83. The summed E-state index contributed by atoms with van der Waals surface area (Å²) in [6.07, 6.45) is 6.91. The van der Waals surface area contributed by atoms with E-state index in [0.717, 1.165) is 38.0 Å². The summed E-state index contributed by atoms with van der Waals surface area (Å²) >= 11 is 6.10. The van der Waals surface area contributed by atoms with Gasteiger partial charge in [0.25, 0.3) is 5.56 Å². The number of pyridine rings is 4. The lowest BCUT2D eigenvalue weighted by Crippen LogP contribution is -2.06. The molecule has 0 bridgehead atoms. The topological polar surface area (TPSA) is 71.5 Å². The molecule has 0 radical (unpaired) electrons. The minimum Gasteiger partial charge on any atom is -0.321 e.